The Kier molecular flexibility index (Phi) is 2.71. The predicted octanol–water partition coefficient (Wildman–Crippen LogP) is 3.03. The maximum absolute atomic E-state index is 13.0. The summed E-state index contributed by atoms with van der Waals surface area (Å²) in [5, 5.41) is 7.99. The van der Waals surface area contributed by atoms with Crippen LogP contribution >= 0.6 is 11.6 Å². The lowest BCUT2D eigenvalue weighted by atomic mass is 10.1. The summed E-state index contributed by atoms with van der Waals surface area (Å²) in [6.45, 7) is 1.44. The van der Waals surface area contributed by atoms with Crippen LogP contribution in [0, 0.1) is 17.5 Å². The molecule has 0 aliphatic carbocycles. The van der Waals surface area contributed by atoms with Crippen LogP contribution in [-0.2, 0) is 6.42 Å². The van der Waals surface area contributed by atoms with Crippen molar-refractivity contribution < 1.29 is 18.3 Å². The summed E-state index contributed by atoms with van der Waals surface area (Å²) in [5.74, 6) is -5.01. The smallest absolute Gasteiger partial charge is 0.181 e. The van der Waals surface area contributed by atoms with E-state index in [1.807, 2.05) is 0 Å². The lowest BCUT2D eigenvalue weighted by Gasteiger charge is -2.06. The Morgan fingerprint density at radius 1 is 1.15 bits per heavy atom. The molecule has 0 bridgehead atoms. The number of aromatic hydroxyl groups is 1. The first-order valence-electron chi connectivity index (χ1n) is 3.54. The summed E-state index contributed by atoms with van der Waals surface area (Å²) >= 11 is 5.11. The van der Waals surface area contributed by atoms with E-state index in [2.05, 4.69) is 0 Å². The van der Waals surface area contributed by atoms with Crippen molar-refractivity contribution in [2.45, 2.75) is 13.3 Å². The molecule has 0 heterocycles. The highest BCUT2D eigenvalue weighted by Gasteiger charge is 2.22. The van der Waals surface area contributed by atoms with Crippen molar-refractivity contribution in [3.8, 4) is 5.75 Å². The topological polar surface area (TPSA) is 20.2 Å². The van der Waals surface area contributed by atoms with E-state index in [4.69, 9.17) is 16.7 Å². The van der Waals surface area contributed by atoms with Crippen molar-refractivity contribution in [3.63, 3.8) is 0 Å². The fourth-order valence-electron chi connectivity index (χ4n) is 0.979. The van der Waals surface area contributed by atoms with Crippen molar-refractivity contribution in [2.24, 2.45) is 0 Å². The molecular formula is C8H6ClF3O. The summed E-state index contributed by atoms with van der Waals surface area (Å²) in [7, 11) is 0. The predicted molar refractivity (Wildman–Crippen MR) is 42.4 cm³/mol. The van der Waals surface area contributed by atoms with Crippen LogP contribution in [0.15, 0.2) is 0 Å². The zero-order valence-corrected chi connectivity index (χ0v) is 7.42. The first kappa shape index (κ1) is 10.2. The van der Waals surface area contributed by atoms with E-state index in [0.29, 0.717) is 0 Å². The van der Waals surface area contributed by atoms with E-state index in [1.165, 1.54) is 6.92 Å². The third-order valence-electron chi connectivity index (χ3n) is 1.68. The average Bonchev–Trinajstić information content (AvgIpc) is 2.13. The van der Waals surface area contributed by atoms with Gasteiger partial charge in [0.2, 0.25) is 0 Å². The second kappa shape index (κ2) is 3.46. The van der Waals surface area contributed by atoms with Crippen molar-refractivity contribution in [2.75, 3.05) is 0 Å². The van der Waals surface area contributed by atoms with E-state index in [9.17, 15) is 13.2 Å². The molecule has 0 aliphatic rings. The Hall–Kier alpha value is -0.900. The molecular weight excluding hydrogens is 205 g/mol. The minimum absolute atomic E-state index is 0.0562. The highest BCUT2D eigenvalue weighted by Crippen LogP contribution is 2.33. The van der Waals surface area contributed by atoms with E-state index in [1.54, 1.807) is 0 Å². The van der Waals surface area contributed by atoms with Gasteiger partial charge in [-0.05, 0) is 6.42 Å². The summed E-state index contributed by atoms with van der Waals surface area (Å²) in [5.41, 5.74) is -0.501. The van der Waals surface area contributed by atoms with Gasteiger partial charge in [-0.3, -0.25) is 0 Å². The summed E-state index contributed by atoms with van der Waals surface area (Å²) in [6, 6.07) is 0. The lowest BCUT2D eigenvalue weighted by Crippen LogP contribution is -1.99. The Bertz CT molecular complexity index is 323. The largest absolute Gasteiger partial charge is 0.504 e. The van der Waals surface area contributed by atoms with Gasteiger partial charge in [-0.1, -0.05) is 18.5 Å². The molecule has 0 saturated carbocycles. The molecule has 0 atom stereocenters. The van der Waals surface area contributed by atoms with E-state index >= 15 is 0 Å². The van der Waals surface area contributed by atoms with E-state index < -0.39 is 33.8 Å². The molecule has 0 aliphatic heterocycles. The zero-order valence-electron chi connectivity index (χ0n) is 6.67. The maximum atomic E-state index is 13.0. The average molecular weight is 211 g/mol. The number of hydrogen-bond donors (Lipinski definition) is 1. The van der Waals surface area contributed by atoms with E-state index in [-0.39, 0.29) is 6.42 Å². The third kappa shape index (κ3) is 1.46. The molecule has 13 heavy (non-hydrogen) atoms. The Morgan fingerprint density at radius 3 is 2.15 bits per heavy atom. The normalized spacial score (nSPS) is 10.5. The number of halogens is 4. The van der Waals surface area contributed by atoms with Crippen molar-refractivity contribution in [1.82, 2.24) is 0 Å². The Morgan fingerprint density at radius 2 is 1.69 bits per heavy atom. The van der Waals surface area contributed by atoms with Gasteiger partial charge in [0.1, 0.15) is 5.02 Å². The molecule has 1 rings (SSSR count). The molecule has 5 heteroatoms. The van der Waals surface area contributed by atoms with Crippen molar-refractivity contribution in [1.29, 1.82) is 0 Å². The zero-order chi connectivity index (χ0) is 10.2. The molecule has 0 fully saturated rings. The fourth-order valence-corrected chi connectivity index (χ4v) is 1.14. The number of benzene rings is 1. The van der Waals surface area contributed by atoms with Gasteiger partial charge in [0.15, 0.2) is 23.2 Å². The van der Waals surface area contributed by atoms with Gasteiger partial charge in [0, 0.05) is 5.56 Å². The lowest BCUT2D eigenvalue weighted by molar-refractivity contribution is 0.406. The second-order valence-electron chi connectivity index (χ2n) is 2.44. The fraction of sp³-hybridized carbons (Fsp3) is 0.250. The van der Waals surface area contributed by atoms with Crippen LogP contribution in [0.1, 0.15) is 12.5 Å². The minimum atomic E-state index is -1.42. The second-order valence-corrected chi connectivity index (χ2v) is 2.81. The first-order chi connectivity index (χ1) is 6.00. The number of phenolic OH excluding ortho intramolecular Hbond substituents is 1. The van der Waals surface area contributed by atoms with Gasteiger partial charge in [-0.15, -0.1) is 0 Å². The molecule has 0 spiro atoms. The number of phenols is 1. The van der Waals surface area contributed by atoms with Gasteiger partial charge in [0.05, 0.1) is 0 Å². The highest BCUT2D eigenvalue weighted by atomic mass is 35.5. The summed E-state index contributed by atoms with van der Waals surface area (Å²) < 4.78 is 38.6. The SMILES string of the molecule is CCc1c(F)c(O)c(Cl)c(F)c1F. The first-order valence-corrected chi connectivity index (χ1v) is 3.92. The van der Waals surface area contributed by atoms with Crippen molar-refractivity contribution >= 4 is 11.6 Å². The molecule has 0 unspecified atom stereocenters. The number of hydrogen-bond acceptors (Lipinski definition) is 1. The summed E-state index contributed by atoms with van der Waals surface area (Å²) in [6.07, 6.45) is -0.0562. The molecule has 1 N–H and O–H groups in total. The van der Waals surface area contributed by atoms with Gasteiger partial charge in [-0.25, -0.2) is 13.2 Å². The molecule has 0 saturated heterocycles. The van der Waals surface area contributed by atoms with Crippen LogP contribution in [-0.4, -0.2) is 5.11 Å². The van der Waals surface area contributed by atoms with Crippen LogP contribution in [0.2, 0.25) is 5.02 Å². The minimum Gasteiger partial charge on any atom is -0.504 e. The van der Waals surface area contributed by atoms with Crippen LogP contribution < -0.4 is 0 Å². The van der Waals surface area contributed by atoms with Gasteiger partial charge in [-0.2, -0.15) is 0 Å². The molecule has 0 radical (unpaired) electrons. The van der Waals surface area contributed by atoms with Crippen LogP contribution in [0.4, 0.5) is 13.2 Å². The monoisotopic (exact) mass is 210 g/mol. The standard InChI is InChI=1S/C8H6ClF3O/c1-2-3-5(10)7(12)4(9)8(13)6(3)11/h13H,2H2,1H3. The van der Waals surface area contributed by atoms with Gasteiger partial charge >= 0.3 is 0 Å². The molecule has 1 aromatic carbocycles. The molecule has 0 aromatic heterocycles. The molecule has 0 amide bonds. The Balaban J connectivity index is 3.56. The number of rotatable bonds is 1. The molecule has 1 aromatic rings. The van der Waals surface area contributed by atoms with E-state index in [0.717, 1.165) is 0 Å². The van der Waals surface area contributed by atoms with Gasteiger partial charge < -0.3 is 5.11 Å². The van der Waals surface area contributed by atoms with Gasteiger partial charge in [0.25, 0.3) is 0 Å². The maximum Gasteiger partial charge on any atom is 0.181 e. The van der Waals surface area contributed by atoms with Crippen LogP contribution in [0.3, 0.4) is 0 Å². The molecule has 72 valence electrons. The Labute approximate surface area is 77.8 Å². The van der Waals surface area contributed by atoms with Crippen LogP contribution in [0.25, 0.3) is 0 Å². The van der Waals surface area contributed by atoms with Crippen molar-refractivity contribution in [3.05, 3.63) is 28.0 Å². The highest BCUT2D eigenvalue weighted by molar-refractivity contribution is 6.32. The molecule has 1 nitrogen and oxygen atoms in total. The summed E-state index contributed by atoms with van der Waals surface area (Å²) in [4.78, 5) is 0. The van der Waals surface area contributed by atoms with Crippen LogP contribution in [0.5, 0.6) is 5.75 Å². The third-order valence-corrected chi connectivity index (χ3v) is 2.03. The quantitative estimate of drug-likeness (QED) is 0.558.